The van der Waals surface area contributed by atoms with Crippen LogP contribution in [0, 0.1) is 26.7 Å². The van der Waals surface area contributed by atoms with Gasteiger partial charge in [-0.2, -0.15) is 0 Å². The summed E-state index contributed by atoms with van der Waals surface area (Å²) < 4.78 is 0. The molecule has 6 heteroatoms. The molecule has 1 N–H and O–H groups in total. The van der Waals surface area contributed by atoms with Gasteiger partial charge in [0.05, 0.1) is 11.8 Å². The summed E-state index contributed by atoms with van der Waals surface area (Å²) in [7, 11) is 0. The highest BCUT2D eigenvalue weighted by atomic mass is 16.3. The Morgan fingerprint density at radius 1 is 1.14 bits per heavy atom. The highest BCUT2D eigenvalue weighted by Crippen LogP contribution is 2.25. The predicted octanol–water partition coefficient (Wildman–Crippen LogP) is 1.23. The molecule has 2 aromatic rings. The number of hydrogen-bond donors (Lipinski definition) is 1. The molecular formula is C16H21N5O. The van der Waals surface area contributed by atoms with E-state index in [1.165, 1.54) is 0 Å². The van der Waals surface area contributed by atoms with Gasteiger partial charge < -0.3 is 10.0 Å². The lowest BCUT2D eigenvalue weighted by atomic mass is 10.0. The number of nitrogens with zero attached hydrogens (tertiary/aromatic N) is 5. The minimum Gasteiger partial charge on any atom is -0.391 e. The number of aryl methyl sites for hydroxylation is 2. The molecule has 0 aromatic carbocycles. The summed E-state index contributed by atoms with van der Waals surface area (Å²) in [5.74, 6) is 0.837. The number of rotatable bonds is 3. The standard InChI is InChI=1S/C16H21N5O/c1-10-11(2)19-16(20-12(10)3)21-8-13(15(22)9-21)6-14-7-17-4-5-18-14/h4-5,7,13,15,22H,6,8-9H2,1-3H3/t13-,15-/m1/s1. The lowest BCUT2D eigenvalue weighted by Crippen LogP contribution is -2.24. The van der Waals surface area contributed by atoms with E-state index in [0.717, 1.165) is 35.6 Å². The first-order chi connectivity index (χ1) is 10.5. The largest absolute Gasteiger partial charge is 0.391 e. The van der Waals surface area contributed by atoms with Crippen molar-refractivity contribution in [3.05, 3.63) is 41.2 Å². The van der Waals surface area contributed by atoms with Crippen molar-refractivity contribution in [3.63, 3.8) is 0 Å². The topological polar surface area (TPSA) is 75.0 Å². The van der Waals surface area contributed by atoms with E-state index >= 15 is 0 Å². The Balaban J connectivity index is 1.75. The molecule has 3 rings (SSSR count). The van der Waals surface area contributed by atoms with Crippen LogP contribution in [0.4, 0.5) is 5.95 Å². The third-order valence-corrected chi connectivity index (χ3v) is 4.40. The van der Waals surface area contributed by atoms with Crippen LogP contribution >= 0.6 is 0 Å². The van der Waals surface area contributed by atoms with Gasteiger partial charge in [-0.05, 0) is 32.8 Å². The summed E-state index contributed by atoms with van der Waals surface area (Å²) >= 11 is 0. The smallest absolute Gasteiger partial charge is 0.225 e. The molecule has 2 aromatic heterocycles. The summed E-state index contributed by atoms with van der Waals surface area (Å²) in [6, 6.07) is 0. The molecule has 116 valence electrons. The molecule has 0 amide bonds. The fourth-order valence-corrected chi connectivity index (χ4v) is 2.82. The molecule has 0 radical (unpaired) electrons. The van der Waals surface area contributed by atoms with Gasteiger partial charge in [-0.1, -0.05) is 0 Å². The highest BCUT2D eigenvalue weighted by Gasteiger charge is 2.33. The molecule has 1 fully saturated rings. The van der Waals surface area contributed by atoms with E-state index in [2.05, 4.69) is 24.8 Å². The van der Waals surface area contributed by atoms with Crippen LogP contribution in [0.3, 0.4) is 0 Å². The Labute approximate surface area is 130 Å². The number of anilines is 1. The predicted molar refractivity (Wildman–Crippen MR) is 83.7 cm³/mol. The summed E-state index contributed by atoms with van der Waals surface area (Å²) in [4.78, 5) is 19.6. The average Bonchev–Trinajstić information content (AvgIpc) is 2.86. The normalized spacial score (nSPS) is 21.4. The third kappa shape index (κ3) is 2.92. The van der Waals surface area contributed by atoms with Gasteiger partial charge in [-0.15, -0.1) is 0 Å². The van der Waals surface area contributed by atoms with E-state index in [1.807, 2.05) is 20.8 Å². The molecule has 0 saturated carbocycles. The van der Waals surface area contributed by atoms with Crippen molar-refractivity contribution in [1.82, 2.24) is 19.9 Å². The molecule has 3 heterocycles. The zero-order valence-corrected chi connectivity index (χ0v) is 13.2. The van der Waals surface area contributed by atoms with Crippen LogP contribution in [-0.2, 0) is 6.42 Å². The Morgan fingerprint density at radius 2 is 1.86 bits per heavy atom. The Hall–Kier alpha value is -2.08. The van der Waals surface area contributed by atoms with E-state index in [9.17, 15) is 5.11 Å². The molecule has 0 aliphatic carbocycles. The van der Waals surface area contributed by atoms with Crippen molar-refractivity contribution in [1.29, 1.82) is 0 Å². The van der Waals surface area contributed by atoms with Crippen LogP contribution in [0.25, 0.3) is 0 Å². The van der Waals surface area contributed by atoms with E-state index in [4.69, 9.17) is 0 Å². The second-order valence-corrected chi connectivity index (χ2v) is 5.95. The second-order valence-electron chi connectivity index (χ2n) is 5.95. The van der Waals surface area contributed by atoms with E-state index < -0.39 is 6.10 Å². The maximum atomic E-state index is 10.3. The van der Waals surface area contributed by atoms with Gasteiger partial charge in [0, 0.05) is 49.0 Å². The van der Waals surface area contributed by atoms with Crippen LogP contribution in [0.15, 0.2) is 18.6 Å². The Morgan fingerprint density at radius 3 is 2.50 bits per heavy atom. The molecule has 22 heavy (non-hydrogen) atoms. The molecule has 2 atom stereocenters. The molecule has 0 bridgehead atoms. The summed E-state index contributed by atoms with van der Waals surface area (Å²) in [5.41, 5.74) is 4.02. The van der Waals surface area contributed by atoms with Crippen molar-refractivity contribution in [2.24, 2.45) is 5.92 Å². The number of hydrogen-bond acceptors (Lipinski definition) is 6. The third-order valence-electron chi connectivity index (χ3n) is 4.40. The van der Waals surface area contributed by atoms with Gasteiger partial charge in [0.15, 0.2) is 0 Å². The summed E-state index contributed by atoms with van der Waals surface area (Å²) in [5, 5.41) is 10.3. The molecule has 0 spiro atoms. The first-order valence-corrected chi connectivity index (χ1v) is 7.54. The van der Waals surface area contributed by atoms with Crippen LogP contribution in [-0.4, -0.2) is 44.2 Å². The lowest BCUT2D eigenvalue weighted by Gasteiger charge is -2.18. The number of aliphatic hydroxyl groups excluding tert-OH is 1. The monoisotopic (exact) mass is 299 g/mol. The number of aliphatic hydroxyl groups is 1. The molecule has 1 aliphatic heterocycles. The number of β-amino-alcohol motifs (C(OH)–C–C–N with tert-alkyl or cyclic N) is 1. The summed E-state index contributed by atoms with van der Waals surface area (Å²) in [6.07, 6.45) is 5.42. The number of aromatic nitrogens is 4. The fraction of sp³-hybridized carbons (Fsp3) is 0.500. The zero-order chi connectivity index (χ0) is 15.7. The van der Waals surface area contributed by atoms with Gasteiger partial charge in [-0.3, -0.25) is 9.97 Å². The SMILES string of the molecule is Cc1nc(N2C[C@@H](Cc3cnccn3)[C@H](O)C2)nc(C)c1C. The van der Waals surface area contributed by atoms with Gasteiger partial charge in [-0.25, -0.2) is 9.97 Å². The molecule has 0 unspecified atom stereocenters. The first kappa shape index (κ1) is 14.8. The van der Waals surface area contributed by atoms with Crippen LogP contribution in [0.1, 0.15) is 22.6 Å². The molecule has 1 saturated heterocycles. The van der Waals surface area contributed by atoms with Crippen molar-refractivity contribution in [2.45, 2.75) is 33.3 Å². The maximum Gasteiger partial charge on any atom is 0.225 e. The molecule has 6 nitrogen and oxygen atoms in total. The van der Waals surface area contributed by atoms with Crippen LogP contribution in [0.5, 0.6) is 0 Å². The van der Waals surface area contributed by atoms with Crippen molar-refractivity contribution < 1.29 is 5.11 Å². The van der Waals surface area contributed by atoms with E-state index in [1.54, 1.807) is 18.6 Å². The summed E-state index contributed by atoms with van der Waals surface area (Å²) in [6.45, 7) is 7.32. The maximum absolute atomic E-state index is 10.3. The quantitative estimate of drug-likeness (QED) is 0.919. The fourth-order valence-electron chi connectivity index (χ4n) is 2.82. The van der Waals surface area contributed by atoms with E-state index in [0.29, 0.717) is 12.5 Å². The lowest BCUT2D eigenvalue weighted by molar-refractivity contribution is 0.147. The second kappa shape index (κ2) is 5.96. The van der Waals surface area contributed by atoms with Crippen LogP contribution in [0.2, 0.25) is 0 Å². The van der Waals surface area contributed by atoms with Crippen molar-refractivity contribution in [3.8, 4) is 0 Å². The van der Waals surface area contributed by atoms with Gasteiger partial charge in [0.1, 0.15) is 0 Å². The van der Waals surface area contributed by atoms with Crippen molar-refractivity contribution >= 4 is 5.95 Å². The first-order valence-electron chi connectivity index (χ1n) is 7.54. The minimum atomic E-state index is -0.396. The van der Waals surface area contributed by atoms with Crippen LogP contribution < -0.4 is 4.90 Å². The molecular weight excluding hydrogens is 278 g/mol. The minimum absolute atomic E-state index is 0.127. The average molecular weight is 299 g/mol. The van der Waals surface area contributed by atoms with Gasteiger partial charge >= 0.3 is 0 Å². The Kier molecular flexibility index (Phi) is 4.02. The van der Waals surface area contributed by atoms with Gasteiger partial charge in [0.25, 0.3) is 0 Å². The van der Waals surface area contributed by atoms with Crippen molar-refractivity contribution in [2.75, 3.05) is 18.0 Å². The Bertz CT molecular complexity index is 638. The van der Waals surface area contributed by atoms with Gasteiger partial charge in [0.2, 0.25) is 5.95 Å². The highest BCUT2D eigenvalue weighted by molar-refractivity contribution is 5.37. The zero-order valence-electron chi connectivity index (χ0n) is 13.2. The molecule has 1 aliphatic rings. The van der Waals surface area contributed by atoms with E-state index in [-0.39, 0.29) is 5.92 Å².